The van der Waals surface area contributed by atoms with E-state index in [1.807, 2.05) is 12.1 Å². The maximum absolute atomic E-state index is 5.96. The lowest BCUT2D eigenvalue weighted by atomic mass is 10.3. The van der Waals surface area contributed by atoms with Crippen LogP contribution in [0.5, 0.6) is 0 Å². The molecule has 1 atom stereocenters. The minimum absolute atomic E-state index is 0. The number of benzene rings is 1. The van der Waals surface area contributed by atoms with Crippen LogP contribution in [0.3, 0.4) is 0 Å². The molecule has 2 aromatic rings. The average molecular weight is 477 g/mol. The van der Waals surface area contributed by atoms with Gasteiger partial charge in [-0.05, 0) is 30.7 Å². The van der Waals surface area contributed by atoms with Gasteiger partial charge in [0, 0.05) is 36.7 Å². The number of nitrogens with zero attached hydrogens (tertiary/aromatic N) is 2. The van der Waals surface area contributed by atoms with Gasteiger partial charge >= 0.3 is 0 Å². The number of hydrogen-bond donors (Lipinski definition) is 2. The first-order valence-corrected chi connectivity index (χ1v) is 8.95. The van der Waals surface area contributed by atoms with E-state index in [2.05, 4.69) is 50.9 Å². The van der Waals surface area contributed by atoms with Crippen molar-refractivity contribution in [1.82, 2.24) is 10.6 Å². The van der Waals surface area contributed by atoms with E-state index in [1.54, 1.807) is 18.4 Å². The van der Waals surface area contributed by atoms with Crippen LogP contribution in [0.15, 0.2) is 47.5 Å². The molecule has 0 bridgehead atoms. The Labute approximate surface area is 169 Å². The molecule has 1 aromatic carbocycles. The monoisotopic (exact) mass is 476 g/mol. The van der Waals surface area contributed by atoms with Crippen molar-refractivity contribution in [1.29, 1.82) is 0 Å². The third-order valence-electron chi connectivity index (χ3n) is 3.93. The standard InChI is InChI=1S/C17H21ClN4S.HI/c1-19-17(20-11-15-7-8-16(18)23-15)21-13-9-10-22(12-13)14-5-3-2-4-6-14;/h2-8,13H,9-12H2,1H3,(H2,19,20,21);1H. The fourth-order valence-corrected chi connectivity index (χ4v) is 3.78. The second-order valence-corrected chi connectivity index (χ2v) is 7.34. The molecule has 24 heavy (non-hydrogen) atoms. The molecule has 7 heteroatoms. The van der Waals surface area contributed by atoms with E-state index in [4.69, 9.17) is 11.6 Å². The number of hydrogen-bond acceptors (Lipinski definition) is 3. The average Bonchev–Trinajstić information content (AvgIpc) is 3.21. The highest BCUT2D eigenvalue weighted by molar-refractivity contribution is 14.0. The Morgan fingerprint density at radius 3 is 2.75 bits per heavy atom. The molecule has 0 aliphatic carbocycles. The zero-order chi connectivity index (χ0) is 16.1. The molecule has 1 fully saturated rings. The molecule has 1 aromatic heterocycles. The molecule has 0 saturated carbocycles. The van der Waals surface area contributed by atoms with Crippen molar-refractivity contribution in [3.05, 3.63) is 51.7 Å². The topological polar surface area (TPSA) is 39.7 Å². The van der Waals surface area contributed by atoms with Crippen LogP contribution in [0, 0.1) is 0 Å². The van der Waals surface area contributed by atoms with Gasteiger partial charge in [-0.1, -0.05) is 29.8 Å². The molecule has 2 N–H and O–H groups in total. The van der Waals surface area contributed by atoms with Gasteiger partial charge in [-0.3, -0.25) is 4.99 Å². The van der Waals surface area contributed by atoms with Crippen LogP contribution in [0.2, 0.25) is 4.34 Å². The molecule has 130 valence electrons. The van der Waals surface area contributed by atoms with Crippen LogP contribution in [-0.2, 0) is 6.54 Å². The summed E-state index contributed by atoms with van der Waals surface area (Å²) in [6.45, 7) is 2.81. The highest BCUT2D eigenvalue weighted by Gasteiger charge is 2.23. The Kier molecular flexibility index (Phi) is 7.64. The molecule has 1 aliphatic rings. The second kappa shape index (κ2) is 9.48. The normalized spacial score (nSPS) is 17.5. The number of thiophene rings is 1. The van der Waals surface area contributed by atoms with Crippen LogP contribution in [0.25, 0.3) is 0 Å². The Balaban J connectivity index is 0.00000208. The van der Waals surface area contributed by atoms with Gasteiger partial charge in [0.25, 0.3) is 0 Å². The molecule has 4 nitrogen and oxygen atoms in total. The van der Waals surface area contributed by atoms with Crippen molar-refractivity contribution in [3.8, 4) is 0 Å². The molecule has 1 unspecified atom stereocenters. The quantitative estimate of drug-likeness (QED) is 0.399. The molecule has 0 amide bonds. The predicted molar refractivity (Wildman–Crippen MR) is 115 cm³/mol. The van der Waals surface area contributed by atoms with E-state index in [1.165, 1.54) is 10.6 Å². The second-order valence-electron chi connectivity index (χ2n) is 5.54. The zero-order valence-electron chi connectivity index (χ0n) is 13.5. The fraction of sp³-hybridized carbons (Fsp3) is 0.353. The summed E-state index contributed by atoms with van der Waals surface area (Å²) in [7, 11) is 1.81. The molecule has 1 aliphatic heterocycles. The minimum Gasteiger partial charge on any atom is -0.369 e. The summed E-state index contributed by atoms with van der Waals surface area (Å²) in [5.41, 5.74) is 1.29. The lowest BCUT2D eigenvalue weighted by Crippen LogP contribution is -2.44. The van der Waals surface area contributed by atoms with Gasteiger partial charge in [0.15, 0.2) is 5.96 Å². The summed E-state index contributed by atoms with van der Waals surface area (Å²) in [6.07, 6.45) is 1.11. The summed E-state index contributed by atoms with van der Waals surface area (Å²) >= 11 is 7.55. The zero-order valence-corrected chi connectivity index (χ0v) is 17.4. The maximum Gasteiger partial charge on any atom is 0.191 e. The number of rotatable bonds is 4. The van der Waals surface area contributed by atoms with E-state index in [-0.39, 0.29) is 24.0 Å². The maximum atomic E-state index is 5.96. The van der Waals surface area contributed by atoms with Crippen LogP contribution < -0.4 is 15.5 Å². The molecule has 1 saturated heterocycles. The van der Waals surface area contributed by atoms with Gasteiger partial charge in [0.2, 0.25) is 0 Å². The van der Waals surface area contributed by atoms with Crippen LogP contribution >= 0.6 is 46.9 Å². The van der Waals surface area contributed by atoms with Crippen molar-refractivity contribution >= 4 is 58.6 Å². The molecular weight excluding hydrogens is 455 g/mol. The van der Waals surface area contributed by atoms with Crippen LogP contribution in [0.4, 0.5) is 5.69 Å². The lowest BCUT2D eigenvalue weighted by Gasteiger charge is -2.20. The summed E-state index contributed by atoms with van der Waals surface area (Å²) < 4.78 is 0.819. The van der Waals surface area contributed by atoms with E-state index < -0.39 is 0 Å². The SMILES string of the molecule is CN=C(NCc1ccc(Cl)s1)NC1CCN(c2ccccc2)C1.I. The first-order chi connectivity index (χ1) is 11.2. The van der Waals surface area contributed by atoms with E-state index in [0.717, 1.165) is 36.4 Å². The van der Waals surface area contributed by atoms with Crippen molar-refractivity contribution < 1.29 is 0 Å². The van der Waals surface area contributed by atoms with Crippen molar-refractivity contribution in [2.24, 2.45) is 4.99 Å². The van der Waals surface area contributed by atoms with Gasteiger partial charge in [-0.2, -0.15) is 0 Å². The molecule has 3 rings (SSSR count). The Morgan fingerprint density at radius 1 is 1.29 bits per heavy atom. The highest BCUT2D eigenvalue weighted by atomic mass is 127. The molecule has 0 spiro atoms. The number of para-hydroxylation sites is 1. The lowest BCUT2D eigenvalue weighted by molar-refractivity contribution is 0.649. The number of guanidine groups is 1. The Hall–Kier alpha value is -0.990. The van der Waals surface area contributed by atoms with E-state index in [0.29, 0.717) is 6.04 Å². The predicted octanol–water partition coefficient (Wildman–Crippen LogP) is 3.96. The van der Waals surface area contributed by atoms with E-state index in [9.17, 15) is 0 Å². The van der Waals surface area contributed by atoms with Crippen molar-refractivity contribution in [2.75, 3.05) is 25.0 Å². The third-order valence-corrected chi connectivity index (χ3v) is 5.16. The van der Waals surface area contributed by atoms with Gasteiger partial charge in [0.1, 0.15) is 0 Å². The van der Waals surface area contributed by atoms with Crippen LogP contribution in [-0.4, -0.2) is 32.1 Å². The molecular formula is C17H22ClIN4S. The first-order valence-electron chi connectivity index (χ1n) is 7.76. The number of nitrogens with one attached hydrogen (secondary N) is 2. The highest BCUT2D eigenvalue weighted by Crippen LogP contribution is 2.21. The van der Waals surface area contributed by atoms with Gasteiger partial charge in [0.05, 0.1) is 10.9 Å². The summed E-state index contributed by atoms with van der Waals surface area (Å²) in [5, 5.41) is 6.86. The smallest absolute Gasteiger partial charge is 0.191 e. The van der Waals surface area contributed by atoms with Crippen molar-refractivity contribution in [2.45, 2.75) is 19.0 Å². The summed E-state index contributed by atoms with van der Waals surface area (Å²) in [5.74, 6) is 0.842. The summed E-state index contributed by atoms with van der Waals surface area (Å²) in [6, 6.07) is 14.9. The molecule has 0 radical (unpaired) electrons. The van der Waals surface area contributed by atoms with Gasteiger partial charge < -0.3 is 15.5 Å². The van der Waals surface area contributed by atoms with Gasteiger partial charge in [-0.15, -0.1) is 35.3 Å². The Morgan fingerprint density at radius 2 is 2.08 bits per heavy atom. The minimum atomic E-state index is 0. The fourth-order valence-electron chi connectivity index (χ4n) is 2.76. The largest absolute Gasteiger partial charge is 0.369 e. The molecule has 2 heterocycles. The summed E-state index contributed by atoms with van der Waals surface area (Å²) in [4.78, 5) is 7.93. The number of anilines is 1. The third kappa shape index (κ3) is 5.26. The van der Waals surface area contributed by atoms with E-state index >= 15 is 0 Å². The van der Waals surface area contributed by atoms with Crippen molar-refractivity contribution in [3.63, 3.8) is 0 Å². The van der Waals surface area contributed by atoms with Crippen LogP contribution in [0.1, 0.15) is 11.3 Å². The number of aliphatic imine (C=N–C) groups is 1. The first kappa shape index (κ1) is 19.3. The number of halogens is 2. The Bertz CT molecular complexity index is 662. The van der Waals surface area contributed by atoms with Gasteiger partial charge in [-0.25, -0.2) is 0 Å².